The van der Waals surface area contributed by atoms with Crippen molar-refractivity contribution in [3.05, 3.63) is 72.3 Å². The molecule has 9 nitrogen and oxygen atoms in total. The zero-order chi connectivity index (χ0) is 20.3. The molecule has 1 aromatic carbocycles. The molecule has 29 heavy (non-hydrogen) atoms. The average Bonchev–Trinajstić information content (AvgIpc) is 3.39. The lowest BCUT2D eigenvalue weighted by Crippen LogP contribution is -2.36. The first-order chi connectivity index (χ1) is 14.0. The second-order valence-corrected chi connectivity index (χ2v) is 8.25. The lowest BCUT2D eigenvalue weighted by molar-refractivity contribution is -0.195. The van der Waals surface area contributed by atoms with E-state index in [0.717, 1.165) is 5.56 Å². The van der Waals surface area contributed by atoms with E-state index in [4.69, 9.17) is 13.7 Å². The van der Waals surface area contributed by atoms with Crippen LogP contribution in [-0.2, 0) is 36.1 Å². The molecule has 2 unspecified atom stereocenters. The number of rotatable bonds is 7. The molecule has 1 fully saturated rings. The van der Waals surface area contributed by atoms with Crippen LogP contribution in [-0.4, -0.2) is 47.7 Å². The van der Waals surface area contributed by atoms with Crippen molar-refractivity contribution in [2.24, 2.45) is 0 Å². The number of benzene rings is 1. The molecule has 0 saturated carbocycles. The molecule has 3 aromatic rings. The van der Waals surface area contributed by atoms with Gasteiger partial charge in [-0.3, -0.25) is 9.17 Å². The van der Waals surface area contributed by atoms with Crippen LogP contribution in [0.4, 0.5) is 0 Å². The second kappa shape index (κ2) is 7.99. The average molecular weight is 416 g/mol. The first-order valence-corrected chi connectivity index (χ1v) is 10.4. The van der Waals surface area contributed by atoms with E-state index in [9.17, 15) is 8.42 Å². The third-order valence-corrected chi connectivity index (χ3v) is 5.75. The van der Waals surface area contributed by atoms with Gasteiger partial charge in [0.25, 0.3) is 10.1 Å². The van der Waals surface area contributed by atoms with Gasteiger partial charge in [0.15, 0.2) is 0 Å². The van der Waals surface area contributed by atoms with Crippen molar-refractivity contribution in [1.82, 2.24) is 20.0 Å². The molecule has 0 amide bonds. The third kappa shape index (κ3) is 4.35. The zero-order valence-electron chi connectivity index (χ0n) is 15.7. The molecule has 152 valence electrons. The van der Waals surface area contributed by atoms with E-state index >= 15 is 0 Å². The van der Waals surface area contributed by atoms with Gasteiger partial charge in [-0.05, 0) is 31.2 Å². The SMILES string of the molecule is Cc1ccc(S(=O)(=O)OCC2COC(Cn3nccn3)(c3ccccn3)O2)cc1. The highest BCUT2D eigenvalue weighted by Crippen LogP contribution is 2.35. The standard InChI is InChI=1S/C19H20N4O5S/c1-15-5-7-17(8-6-15)29(24,25)27-13-16-12-26-19(28-16,14-23-21-10-11-22-23)18-4-2-3-9-20-18/h2-11,16H,12-14H2,1H3. The third-order valence-electron chi connectivity index (χ3n) is 4.45. The molecule has 1 aliphatic rings. The number of hydrogen-bond acceptors (Lipinski definition) is 8. The van der Waals surface area contributed by atoms with Crippen LogP contribution < -0.4 is 0 Å². The van der Waals surface area contributed by atoms with Crippen LogP contribution in [0.3, 0.4) is 0 Å². The summed E-state index contributed by atoms with van der Waals surface area (Å²) in [7, 11) is -3.90. The van der Waals surface area contributed by atoms with Crippen LogP contribution in [0.5, 0.6) is 0 Å². The van der Waals surface area contributed by atoms with E-state index in [0.29, 0.717) is 5.69 Å². The Labute approximate surface area is 168 Å². The number of nitrogens with zero attached hydrogens (tertiary/aromatic N) is 4. The molecule has 2 atom stereocenters. The molecular weight excluding hydrogens is 396 g/mol. The Balaban J connectivity index is 1.48. The van der Waals surface area contributed by atoms with E-state index in [1.807, 2.05) is 13.0 Å². The monoisotopic (exact) mass is 416 g/mol. The molecular formula is C19H20N4O5S. The van der Waals surface area contributed by atoms with Crippen LogP contribution >= 0.6 is 0 Å². The minimum atomic E-state index is -3.90. The highest BCUT2D eigenvalue weighted by atomic mass is 32.2. The second-order valence-electron chi connectivity index (χ2n) is 6.63. The maximum atomic E-state index is 12.4. The van der Waals surface area contributed by atoms with E-state index in [1.54, 1.807) is 42.9 Å². The Bertz CT molecular complexity index is 1040. The van der Waals surface area contributed by atoms with Gasteiger partial charge in [-0.1, -0.05) is 23.8 Å². The first-order valence-electron chi connectivity index (χ1n) is 9.00. The Morgan fingerprint density at radius 1 is 1.14 bits per heavy atom. The maximum Gasteiger partial charge on any atom is 0.297 e. The molecule has 0 radical (unpaired) electrons. The van der Waals surface area contributed by atoms with Crippen LogP contribution in [0.1, 0.15) is 11.3 Å². The normalized spacial score (nSPS) is 22.0. The summed E-state index contributed by atoms with van der Waals surface area (Å²) in [5.41, 5.74) is 1.50. The maximum absolute atomic E-state index is 12.4. The number of ether oxygens (including phenoxy) is 2. The fourth-order valence-electron chi connectivity index (χ4n) is 2.98. The Hall–Kier alpha value is -2.66. The molecule has 1 aliphatic heterocycles. The van der Waals surface area contributed by atoms with Crippen LogP contribution in [0.25, 0.3) is 0 Å². The van der Waals surface area contributed by atoms with Crippen molar-refractivity contribution < 1.29 is 22.1 Å². The fraction of sp³-hybridized carbons (Fsp3) is 0.316. The Morgan fingerprint density at radius 2 is 1.90 bits per heavy atom. The topological polar surface area (TPSA) is 105 Å². The molecule has 2 aromatic heterocycles. The number of aromatic nitrogens is 4. The van der Waals surface area contributed by atoms with Gasteiger partial charge in [-0.2, -0.15) is 23.4 Å². The van der Waals surface area contributed by atoms with E-state index in [1.165, 1.54) is 16.9 Å². The van der Waals surface area contributed by atoms with Gasteiger partial charge >= 0.3 is 0 Å². The molecule has 0 N–H and O–H groups in total. The van der Waals surface area contributed by atoms with Crippen molar-refractivity contribution in [2.45, 2.75) is 30.3 Å². The lowest BCUT2D eigenvalue weighted by atomic mass is 10.1. The van der Waals surface area contributed by atoms with Crippen molar-refractivity contribution in [3.63, 3.8) is 0 Å². The van der Waals surface area contributed by atoms with Crippen molar-refractivity contribution in [3.8, 4) is 0 Å². The van der Waals surface area contributed by atoms with E-state index in [2.05, 4.69) is 15.2 Å². The molecule has 4 rings (SSSR count). The molecule has 3 heterocycles. The minimum Gasteiger partial charge on any atom is -0.340 e. The largest absolute Gasteiger partial charge is 0.340 e. The van der Waals surface area contributed by atoms with Gasteiger partial charge in [0.2, 0.25) is 5.79 Å². The van der Waals surface area contributed by atoms with Crippen molar-refractivity contribution in [2.75, 3.05) is 13.2 Å². The quantitative estimate of drug-likeness (QED) is 0.536. The summed E-state index contributed by atoms with van der Waals surface area (Å²) in [4.78, 5) is 5.86. The van der Waals surface area contributed by atoms with E-state index in [-0.39, 0.29) is 24.7 Å². The van der Waals surface area contributed by atoms with Crippen molar-refractivity contribution in [1.29, 1.82) is 0 Å². The lowest BCUT2D eigenvalue weighted by Gasteiger charge is -2.26. The van der Waals surface area contributed by atoms with Crippen LogP contribution in [0.15, 0.2) is 66.0 Å². The number of aryl methyl sites for hydroxylation is 1. The highest BCUT2D eigenvalue weighted by molar-refractivity contribution is 7.86. The van der Waals surface area contributed by atoms with Gasteiger partial charge in [-0.25, -0.2) is 0 Å². The molecule has 0 bridgehead atoms. The van der Waals surface area contributed by atoms with Gasteiger partial charge in [-0.15, -0.1) is 0 Å². The summed E-state index contributed by atoms with van der Waals surface area (Å²) in [6, 6.07) is 11.8. The Morgan fingerprint density at radius 3 is 2.59 bits per heavy atom. The summed E-state index contributed by atoms with van der Waals surface area (Å²) < 4.78 is 42.1. The molecule has 0 aliphatic carbocycles. The molecule has 10 heteroatoms. The fourth-order valence-corrected chi connectivity index (χ4v) is 3.92. The van der Waals surface area contributed by atoms with Gasteiger partial charge in [0, 0.05) is 6.20 Å². The van der Waals surface area contributed by atoms with Gasteiger partial charge in [0.05, 0.1) is 30.5 Å². The molecule has 0 spiro atoms. The predicted molar refractivity (Wildman–Crippen MR) is 101 cm³/mol. The van der Waals surface area contributed by atoms with Gasteiger partial charge < -0.3 is 9.47 Å². The van der Waals surface area contributed by atoms with Crippen molar-refractivity contribution >= 4 is 10.1 Å². The summed E-state index contributed by atoms with van der Waals surface area (Å²) in [6.45, 7) is 2.00. The highest BCUT2D eigenvalue weighted by Gasteiger charge is 2.46. The summed E-state index contributed by atoms with van der Waals surface area (Å²) >= 11 is 0. The van der Waals surface area contributed by atoms with Crippen LogP contribution in [0.2, 0.25) is 0 Å². The summed E-state index contributed by atoms with van der Waals surface area (Å²) in [6.07, 6.45) is 4.13. The molecule has 1 saturated heterocycles. The summed E-state index contributed by atoms with van der Waals surface area (Å²) in [5, 5.41) is 8.20. The van der Waals surface area contributed by atoms with E-state index < -0.39 is 22.0 Å². The smallest absolute Gasteiger partial charge is 0.297 e. The first kappa shape index (κ1) is 19.6. The minimum absolute atomic E-state index is 0.0961. The summed E-state index contributed by atoms with van der Waals surface area (Å²) in [5.74, 6) is -1.23. The predicted octanol–water partition coefficient (Wildman–Crippen LogP) is 1.66. The van der Waals surface area contributed by atoms with Crippen LogP contribution in [0, 0.1) is 6.92 Å². The number of hydrogen-bond donors (Lipinski definition) is 0. The van der Waals surface area contributed by atoms with Gasteiger partial charge in [0.1, 0.15) is 18.3 Å². The Kier molecular flexibility index (Phi) is 5.41. The zero-order valence-corrected chi connectivity index (χ0v) is 16.5. The number of pyridine rings is 1.